The molecule has 0 unspecified atom stereocenters. The number of hydrogen-bond donors (Lipinski definition) is 1. The van der Waals surface area contributed by atoms with Gasteiger partial charge in [0.15, 0.2) is 0 Å². The van der Waals surface area contributed by atoms with E-state index in [9.17, 15) is 9.59 Å². The average Bonchev–Trinajstić information content (AvgIpc) is 2.59. The van der Waals surface area contributed by atoms with Crippen molar-refractivity contribution in [3.8, 4) is 0 Å². The van der Waals surface area contributed by atoms with Crippen molar-refractivity contribution in [1.82, 2.24) is 0 Å². The number of benzene rings is 2. The minimum Gasteiger partial charge on any atom is -0.457 e. The molecule has 0 saturated heterocycles. The standard InChI is InChI=1S/C21H25NO3/c1-5-19(23)22-18-12-8-16(9-13-18)20(24)25-14-15-6-10-17(11-7-15)21(2,3)4/h6-13H,5,14H2,1-4H3,(H,22,23). The van der Waals surface area contributed by atoms with Gasteiger partial charge < -0.3 is 10.1 Å². The zero-order chi connectivity index (χ0) is 18.4. The molecule has 0 atom stereocenters. The smallest absolute Gasteiger partial charge is 0.338 e. The Hall–Kier alpha value is -2.62. The number of ether oxygens (including phenoxy) is 1. The molecule has 1 amide bonds. The van der Waals surface area contributed by atoms with E-state index in [1.807, 2.05) is 12.1 Å². The Kier molecular flexibility index (Phi) is 5.97. The van der Waals surface area contributed by atoms with Crippen molar-refractivity contribution >= 4 is 17.6 Å². The average molecular weight is 339 g/mol. The summed E-state index contributed by atoms with van der Waals surface area (Å²) >= 11 is 0. The molecule has 2 aromatic carbocycles. The molecule has 0 radical (unpaired) electrons. The number of rotatable bonds is 5. The van der Waals surface area contributed by atoms with Crippen LogP contribution in [0.4, 0.5) is 5.69 Å². The lowest BCUT2D eigenvalue weighted by Crippen LogP contribution is -2.11. The third-order valence-corrected chi connectivity index (χ3v) is 3.92. The zero-order valence-corrected chi connectivity index (χ0v) is 15.3. The first-order chi connectivity index (χ1) is 11.8. The van der Waals surface area contributed by atoms with Crippen LogP contribution in [0.1, 0.15) is 55.6 Å². The monoisotopic (exact) mass is 339 g/mol. The van der Waals surface area contributed by atoms with Gasteiger partial charge >= 0.3 is 5.97 Å². The zero-order valence-electron chi connectivity index (χ0n) is 15.3. The first kappa shape index (κ1) is 18.7. The third kappa shape index (κ3) is 5.45. The van der Waals surface area contributed by atoms with Gasteiger partial charge in [0, 0.05) is 12.1 Å². The van der Waals surface area contributed by atoms with E-state index in [0.29, 0.717) is 17.7 Å². The summed E-state index contributed by atoms with van der Waals surface area (Å²) in [5, 5.41) is 2.74. The molecule has 25 heavy (non-hydrogen) atoms. The van der Waals surface area contributed by atoms with Gasteiger partial charge in [0.05, 0.1) is 5.56 Å². The van der Waals surface area contributed by atoms with Gasteiger partial charge in [-0.2, -0.15) is 0 Å². The lowest BCUT2D eigenvalue weighted by Gasteiger charge is -2.19. The SMILES string of the molecule is CCC(=O)Nc1ccc(C(=O)OCc2ccc(C(C)(C)C)cc2)cc1. The molecular formula is C21H25NO3. The molecule has 0 aromatic heterocycles. The van der Waals surface area contributed by atoms with Crippen LogP contribution < -0.4 is 5.32 Å². The lowest BCUT2D eigenvalue weighted by molar-refractivity contribution is -0.115. The van der Waals surface area contributed by atoms with E-state index < -0.39 is 0 Å². The maximum Gasteiger partial charge on any atom is 0.338 e. The van der Waals surface area contributed by atoms with Crippen LogP contribution in [0, 0.1) is 0 Å². The summed E-state index contributed by atoms with van der Waals surface area (Å²) in [6.45, 7) is 8.50. The molecule has 0 saturated carbocycles. The van der Waals surface area contributed by atoms with E-state index in [-0.39, 0.29) is 23.9 Å². The topological polar surface area (TPSA) is 55.4 Å². The number of nitrogens with one attached hydrogen (secondary N) is 1. The highest BCUT2D eigenvalue weighted by molar-refractivity contribution is 5.92. The number of anilines is 1. The van der Waals surface area contributed by atoms with E-state index in [1.54, 1.807) is 31.2 Å². The highest BCUT2D eigenvalue weighted by atomic mass is 16.5. The Morgan fingerprint density at radius 1 is 0.960 bits per heavy atom. The molecule has 0 aliphatic carbocycles. The second-order valence-corrected chi connectivity index (χ2v) is 7.00. The molecule has 0 aliphatic rings. The predicted octanol–water partition coefficient (Wildman–Crippen LogP) is 4.69. The van der Waals surface area contributed by atoms with Gasteiger partial charge in [-0.3, -0.25) is 4.79 Å². The van der Waals surface area contributed by atoms with Crippen LogP contribution >= 0.6 is 0 Å². The van der Waals surface area contributed by atoms with Crippen LogP contribution in [0.15, 0.2) is 48.5 Å². The highest BCUT2D eigenvalue weighted by Gasteiger charge is 2.13. The van der Waals surface area contributed by atoms with E-state index >= 15 is 0 Å². The van der Waals surface area contributed by atoms with Gasteiger partial charge in [-0.05, 0) is 40.8 Å². The summed E-state index contributed by atoms with van der Waals surface area (Å²) in [6.07, 6.45) is 0.414. The maximum atomic E-state index is 12.1. The molecule has 0 bridgehead atoms. The molecule has 0 heterocycles. The summed E-state index contributed by atoms with van der Waals surface area (Å²) in [5.74, 6) is -0.442. The molecule has 1 N–H and O–H groups in total. The van der Waals surface area contributed by atoms with E-state index in [4.69, 9.17) is 4.74 Å². The molecule has 0 aliphatic heterocycles. The predicted molar refractivity (Wildman–Crippen MR) is 99.6 cm³/mol. The summed E-state index contributed by atoms with van der Waals surface area (Å²) in [5.41, 5.74) is 3.42. The van der Waals surface area contributed by atoms with Crippen molar-refractivity contribution in [2.24, 2.45) is 0 Å². The van der Waals surface area contributed by atoms with Gasteiger partial charge in [0.2, 0.25) is 5.91 Å². The normalized spacial score (nSPS) is 11.0. The Labute approximate surface area is 149 Å². The number of carbonyl (C=O) groups excluding carboxylic acids is 2. The Morgan fingerprint density at radius 2 is 1.56 bits per heavy atom. The molecule has 0 fully saturated rings. The molecule has 132 valence electrons. The van der Waals surface area contributed by atoms with Crippen LogP contribution in [0.3, 0.4) is 0 Å². The third-order valence-electron chi connectivity index (χ3n) is 3.92. The highest BCUT2D eigenvalue weighted by Crippen LogP contribution is 2.22. The van der Waals surface area contributed by atoms with Crippen LogP contribution in [-0.4, -0.2) is 11.9 Å². The summed E-state index contributed by atoms with van der Waals surface area (Å²) < 4.78 is 5.36. The Balaban J connectivity index is 1.92. The molecule has 2 aromatic rings. The van der Waals surface area contributed by atoms with Crippen LogP contribution in [0.25, 0.3) is 0 Å². The first-order valence-electron chi connectivity index (χ1n) is 8.46. The van der Waals surface area contributed by atoms with Gasteiger partial charge in [-0.25, -0.2) is 4.79 Å². The van der Waals surface area contributed by atoms with Crippen molar-refractivity contribution in [2.75, 3.05) is 5.32 Å². The van der Waals surface area contributed by atoms with Crippen molar-refractivity contribution in [2.45, 2.75) is 46.1 Å². The number of carbonyl (C=O) groups is 2. The Morgan fingerprint density at radius 3 is 2.08 bits per heavy atom. The van der Waals surface area contributed by atoms with Crippen LogP contribution in [0.2, 0.25) is 0 Å². The quantitative estimate of drug-likeness (QED) is 0.804. The van der Waals surface area contributed by atoms with Crippen LogP contribution in [0.5, 0.6) is 0 Å². The molecule has 0 spiro atoms. The van der Waals surface area contributed by atoms with Crippen molar-refractivity contribution < 1.29 is 14.3 Å². The summed E-state index contributed by atoms with van der Waals surface area (Å²) in [6, 6.07) is 14.8. The van der Waals surface area contributed by atoms with Crippen molar-refractivity contribution in [1.29, 1.82) is 0 Å². The number of esters is 1. The van der Waals surface area contributed by atoms with Crippen LogP contribution in [-0.2, 0) is 21.6 Å². The largest absolute Gasteiger partial charge is 0.457 e. The first-order valence-corrected chi connectivity index (χ1v) is 8.46. The fraction of sp³-hybridized carbons (Fsp3) is 0.333. The van der Waals surface area contributed by atoms with E-state index in [1.165, 1.54) is 5.56 Å². The molecular weight excluding hydrogens is 314 g/mol. The van der Waals surface area contributed by atoms with Crippen molar-refractivity contribution in [3.05, 3.63) is 65.2 Å². The van der Waals surface area contributed by atoms with Gasteiger partial charge in [0.25, 0.3) is 0 Å². The molecule has 2 rings (SSSR count). The minimum absolute atomic E-state index is 0.0611. The second kappa shape index (κ2) is 7.97. The summed E-state index contributed by atoms with van der Waals surface area (Å²) in [7, 11) is 0. The fourth-order valence-electron chi connectivity index (χ4n) is 2.27. The Bertz CT molecular complexity index is 725. The maximum absolute atomic E-state index is 12.1. The summed E-state index contributed by atoms with van der Waals surface area (Å²) in [4.78, 5) is 23.5. The van der Waals surface area contributed by atoms with E-state index in [2.05, 4.69) is 38.2 Å². The molecule has 4 heteroatoms. The number of hydrogen-bond acceptors (Lipinski definition) is 3. The van der Waals surface area contributed by atoms with Gasteiger partial charge in [0.1, 0.15) is 6.61 Å². The van der Waals surface area contributed by atoms with Crippen molar-refractivity contribution in [3.63, 3.8) is 0 Å². The van der Waals surface area contributed by atoms with E-state index in [0.717, 1.165) is 5.56 Å². The minimum atomic E-state index is -0.381. The molecule has 4 nitrogen and oxygen atoms in total. The fourth-order valence-corrected chi connectivity index (χ4v) is 2.27. The second-order valence-electron chi connectivity index (χ2n) is 7.00. The lowest BCUT2D eigenvalue weighted by atomic mass is 9.87. The number of amides is 1. The van der Waals surface area contributed by atoms with Gasteiger partial charge in [-0.1, -0.05) is 52.0 Å². The van der Waals surface area contributed by atoms with Gasteiger partial charge in [-0.15, -0.1) is 0 Å².